The quantitative estimate of drug-likeness (QED) is 0.609. The lowest BCUT2D eigenvalue weighted by molar-refractivity contribution is 0.0973. The largest absolute Gasteiger partial charge is 0.493 e. The second-order valence-corrected chi connectivity index (χ2v) is 6.20. The Morgan fingerprint density at radius 1 is 1.17 bits per heavy atom. The van der Waals surface area contributed by atoms with Gasteiger partial charge in [-0.1, -0.05) is 24.3 Å². The van der Waals surface area contributed by atoms with Crippen LogP contribution in [-0.4, -0.2) is 23.9 Å². The molecule has 0 radical (unpaired) electrons. The molecule has 2 N–H and O–H groups in total. The molecule has 0 aromatic heterocycles. The Morgan fingerprint density at radius 3 is 2.54 bits per heavy atom. The number of thioether (sulfide) groups is 1. The van der Waals surface area contributed by atoms with Gasteiger partial charge >= 0.3 is 0 Å². The van der Waals surface area contributed by atoms with E-state index in [-0.39, 0.29) is 5.91 Å². The van der Waals surface area contributed by atoms with E-state index in [1.54, 1.807) is 30.0 Å². The van der Waals surface area contributed by atoms with Gasteiger partial charge < -0.3 is 10.1 Å². The maximum atomic E-state index is 12.3. The van der Waals surface area contributed by atoms with Crippen molar-refractivity contribution in [1.82, 2.24) is 10.6 Å². The number of para-hydroxylation sites is 1. The van der Waals surface area contributed by atoms with Gasteiger partial charge in [0.25, 0.3) is 5.91 Å². The van der Waals surface area contributed by atoms with Crippen LogP contribution in [0.15, 0.2) is 53.4 Å². The van der Waals surface area contributed by atoms with Crippen LogP contribution in [0.25, 0.3) is 0 Å². The molecule has 0 saturated carbocycles. The Morgan fingerprint density at radius 2 is 1.88 bits per heavy atom. The Labute approximate surface area is 152 Å². The number of carbonyl (C=O) groups excluding carboxylic acids is 1. The summed E-state index contributed by atoms with van der Waals surface area (Å²) in [5, 5.41) is 6.02. The van der Waals surface area contributed by atoms with Crippen LogP contribution in [0.5, 0.6) is 5.75 Å². The first-order valence-electron chi connectivity index (χ1n) is 7.58. The van der Waals surface area contributed by atoms with Crippen LogP contribution >= 0.6 is 24.0 Å². The molecule has 2 aromatic carbocycles. The zero-order valence-electron chi connectivity index (χ0n) is 13.7. The number of benzene rings is 2. The van der Waals surface area contributed by atoms with E-state index in [1.165, 1.54) is 4.90 Å². The second-order valence-electron chi connectivity index (χ2n) is 4.91. The fourth-order valence-corrected chi connectivity index (χ4v) is 2.65. The molecule has 1 amide bonds. The van der Waals surface area contributed by atoms with Gasteiger partial charge in [0.15, 0.2) is 5.11 Å². The first-order chi connectivity index (χ1) is 11.6. The topological polar surface area (TPSA) is 50.4 Å². The summed E-state index contributed by atoms with van der Waals surface area (Å²) in [5.74, 6) is 0.266. The molecule has 0 aliphatic heterocycles. The van der Waals surface area contributed by atoms with Gasteiger partial charge in [-0.2, -0.15) is 0 Å². The molecule has 0 atom stereocenters. The van der Waals surface area contributed by atoms with E-state index in [0.717, 1.165) is 5.56 Å². The first kappa shape index (κ1) is 18.3. The van der Waals surface area contributed by atoms with Gasteiger partial charge in [0.2, 0.25) is 0 Å². The highest BCUT2D eigenvalue weighted by Crippen LogP contribution is 2.17. The SMILES string of the molecule is CCOc1ccccc1C(=O)NC(=S)NCc1ccc(SC)cc1. The lowest BCUT2D eigenvalue weighted by Gasteiger charge is -2.12. The predicted octanol–water partition coefficient (Wildman–Crippen LogP) is 3.61. The van der Waals surface area contributed by atoms with E-state index in [0.29, 0.717) is 29.6 Å². The molecule has 0 bridgehead atoms. The van der Waals surface area contributed by atoms with Crippen LogP contribution in [-0.2, 0) is 6.54 Å². The number of rotatable bonds is 6. The molecule has 0 aliphatic carbocycles. The second kappa shape index (κ2) is 9.30. The number of hydrogen-bond acceptors (Lipinski definition) is 4. The molecule has 0 unspecified atom stereocenters. The number of nitrogens with one attached hydrogen (secondary N) is 2. The van der Waals surface area contributed by atoms with E-state index in [2.05, 4.69) is 22.8 Å². The Balaban J connectivity index is 1.90. The molecule has 0 spiro atoms. The average Bonchev–Trinajstić information content (AvgIpc) is 2.61. The van der Waals surface area contributed by atoms with Crippen molar-refractivity contribution >= 4 is 35.0 Å². The highest BCUT2D eigenvalue weighted by Gasteiger charge is 2.13. The molecular weight excluding hydrogens is 340 g/mol. The minimum absolute atomic E-state index is 0.283. The summed E-state index contributed by atoms with van der Waals surface area (Å²) in [4.78, 5) is 13.5. The lowest BCUT2D eigenvalue weighted by Crippen LogP contribution is -2.39. The third-order valence-corrected chi connectivity index (χ3v) is 4.26. The summed E-state index contributed by atoms with van der Waals surface area (Å²) in [6, 6.07) is 15.3. The molecule has 24 heavy (non-hydrogen) atoms. The predicted molar refractivity (Wildman–Crippen MR) is 103 cm³/mol. The van der Waals surface area contributed by atoms with Crippen molar-refractivity contribution in [1.29, 1.82) is 0 Å². The molecule has 2 aromatic rings. The number of carbonyl (C=O) groups is 1. The third-order valence-electron chi connectivity index (χ3n) is 3.27. The van der Waals surface area contributed by atoms with E-state index in [4.69, 9.17) is 17.0 Å². The van der Waals surface area contributed by atoms with Gasteiger partial charge in [-0.05, 0) is 55.2 Å². The van der Waals surface area contributed by atoms with Gasteiger partial charge in [-0.15, -0.1) is 11.8 Å². The lowest BCUT2D eigenvalue weighted by atomic mass is 10.2. The molecule has 4 nitrogen and oxygen atoms in total. The highest BCUT2D eigenvalue weighted by atomic mass is 32.2. The first-order valence-corrected chi connectivity index (χ1v) is 9.21. The number of hydrogen-bond donors (Lipinski definition) is 2. The van der Waals surface area contributed by atoms with Crippen LogP contribution in [0.3, 0.4) is 0 Å². The normalized spacial score (nSPS) is 10.1. The van der Waals surface area contributed by atoms with Crippen LogP contribution in [0, 0.1) is 0 Å². The van der Waals surface area contributed by atoms with Gasteiger partial charge in [-0.25, -0.2) is 0 Å². The number of ether oxygens (including phenoxy) is 1. The zero-order valence-corrected chi connectivity index (χ0v) is 15.3. The van der Waals surface area contributed by atoms with Crippen molar-refractivity contribution in [3.05, 3.63) is 59.7 Å². The highest BCUT2D eigenvalue weighted by molar-refractivity contribution is 7.98. The maximum Gasteiger partial charge on any atom is 0.261 e. The van der Waals surface area contributed by atoms with Gasteiger partial charge in [-0.3, -0.25) is 10.1 Å². The van der Waals surface area contributed by atoms with Crippen LogP contribution < -0.4 is 15.4 Å². The average molecular weight is 361 g/mol. The molecule has 0 heterocycles. The number of thiocarbonyl (C=S) groups is 1. The van der Waals surface area contributed by atoms with Crippen molar-refractivity contribution in [3.8, 4) is 5.75 Å². The fourth-order valence-electron chi connectivity index (χ4n) is 2.08. The minimum atomic E-state index is -0.283. The van der Waals surface area contributed by atoms with Crippen LogP contribution in [0.4, 0.5) is 0 Å². The summed E-state index contributed by atoms with van der Waals surface area (Å²) in [7, 11) is 0. The van der Waals surface area contributed by atoms with E-state index in [9.17, 15) is 4.79 Å². The van der Waals surface area contributed by atoms with Crippen molar-refractivity contribution < 1.29 is 9.53 Å². The van der Waals surface area contributed by atoms with E-state index in [1.807, 2.05) is 31.4 Å². The fraction of sp³-hybridized carbons (Fsp3) is 0.222. The van der Waals surface area contributed by atoms with E-state index < -0.39 is 0 Å². The van der Waals surface area contributed by atoms with Crippen molar-refractivity contribution in [2.45, 2.75) is 18.4 Å². The summed E-state index contributed by atoms with van der Waals surface area (Å²) < 4.78 is 5.46. The van der Waals surface area contributed by atoms with Crippen molar-refractivity contribution in [2.24, 2.45) is 0 Å². The minimum Gasteiger partial charge on any atom is -0.493 e. The molecule has 0 aliphatic rings. The van der Waals surface area contributed by atoms with Crippen molar-refractivity contribution in [2.75, 3.05) is 12.9 Å². The molecule has 6 heteroatoms. The smallest absolute Gasteiger partial charge is 0.261 e. The monoisotopic (exact) mass is 360 g/mol. The third kappa shape index (κ3) is 5.25. The van der Waals surface area contributed by atoms with Gasteiger partial charge in [0.1, 0.15) is 5.75 Å². The van der Waals surface area contributed by atoms with E-state index >= 15 is 0 Å². The van der Waals surface area contributed by atoms with Crippen LogP contribution in [0.2, 0.25) is 0 Å². The number of amides is 1. The molecule has 126 valence electrons. The summed E-state index contributed by atoms with van der Waals surface area (Å²) in [5.41, 5.74) is 1.56. The zero-order chi connectivity index (χ0) is 17.4. The molecule has 2 rings (SSSR count). The summed E-state index contributed by atoms with van der Waals surface area (Å²) in [6.07, 6.45) is 2.04. The summed E-state index contributed by atoms with van der Waals surface area (Å²) >= 11 is 6.90. The van der Waals surface area contributed by atoms with Crippen LogP contribution in [0.1, 0.15) is 22.8 Å². The molecule has 0 saturated heterocycles. The Kier molecular flexibility index (Phi) is 7.08. The molecular formula is C18H20N2O2S2. The van der Waals surface area contributed by atoms with Crippen molar-refractivity contribution in [3.63, 3.8) is 0 Å². The molecule has 0 fully saturated rings. The summed E-state index contributed by atoms with van der Waals surface area (Å²) in [6.45, 7) is 2.93. The van der Waals surface area contributed by atoms with Gasteiger partial charge in [0, 0.05) is 11.4 Å². The standard InChI is InChI=1S/C18H20N2O2S2/c1-3-22-16-7-5-4-6-15(16)17(21)20-18(23)19-12-13-8-10-14(24-2)11-9-13/h4-11H,3,12H2,1-2H3,(H2,19,20,21,23). The van der Waals surface area contributed by atoms with Gasteiger partial charge in [0.05, 0.1) is 12.2 Å². The Hall–Kier alpha value is -2.05. The maximum absolute atomic E-state index is 12.3. The Bertz CT molecular complexity index is 702.